The Labute approximate surface area is 98.4 Å². The van der Waals surface area contributed by atoms with Crippen LogP contribution in [0, 0.1) is 0 Å². The Morgan fingerprint density at radius 3 is 3.18 bits per heavy atom. The van der Waals surface area contributed by atoms with E-state index in [2.05, 4.69) is 34.0 Å². The molecule has 0 unspecified atom stereocenters. The maximum absolute atomic E-state index is 11.2. The van der Waals surface area contributed by atoms with Gasteiger partial charge in [-0.2, -0.15) is 0 Å². The number of alkyl carbamates (subject to hydrolysis) is 1. The van der Waals surface area contributed by atoms with Crippen LogP contribution in [0.15, 0.2) is 24.9 Å². The number of nitrogens with zero attached hydrogens (tertiary/aromatic N) is 1. The molecule has 1 saturated heterocycles. The van der Waals surface area contributed by atoms with Crippen molar-refractivity contribution in [2.75, 3.05) is 0 Å². The average molecular weight is 231 g/mol. The van der Waals surface area contributed by atoms with Crippen LogP contribution in [-0.4, -0.2) is 28.8 Å². The van der Waals surface area contributed by atoms with Crippen LogP contribution in [0.25, 0.3) is 5.70 Å². The molecule has 2 aliphatic heterocycles. The first-order valence-electron chi connectivity index (χ1n) is 5.84. The van der Waals surface area contributed by atoms with E-state index in [1.54, 1.807) is 0 Å². The lowest BCUT2D eigenvalue weighted by atomic mass is 10.1. The number of rotatable bonds is 0. The fraction of sp³-hybridized carbons (Fsp3) is 0.417. The lowest BCUT2D eigenvalue weighted by Crippen LogP contribution is -2.49. The zero-order valence-electron chi connectivity index (χ0n) is 9.22. The third-order valence-corrected chi connectivity index (χ3v) is 4.01. The van der Waals surface area contributed by atoms with Gasteiger partial charge >= 0.3 is 6.09 Å². The Kier molecular flexibility index (Phi) is 1.54. The number of hydrogen-bond acceptors (Lipinski definition) is 3. The average Bonchev–Trinajstić information content (AvgIpc) is 2.92. The number of aromatic nitrogens is 1. The molecule has 0 spiro atoms. The van der Waals surface area contributed by atoms with Crippen LogP contribution in [0.3, 0.4) is 0 Å². The number of ether oxygens (including phenoxy) is 1. The molecule has 4 atom stereocenters. The van der Waals surface area contributed by atoms with E-state index >= 15 is 0 Å². The highest BCUT2D eigenvalue weighted by atomic mass is 16.6. The number of carbonyl (C=O) groups is 1. The van der Waals surface area contributed by atoms with E-state index in [0.29, 0.717) is 6.04 Å². The molecule has 5 nitrogen and oxygen atoms in total. The van der Waals surface area contributed by atoms with E-state index < -0.39 is 0 Å². The predicted octanol–water partition coefficient (Wildman–Crippen LogP) is 0.852. The summed E-state index contributed by atoms with van der Waals surface area (Å²) >= 11 is 0. The van der Waals surface area contributed by atoms with E-state index in [9.17, 15) is 4.79 Å². The maximum atomic E-state index is 11.2. The number of hydrogen-bond donors (Lipinski definition) is 2. The van der Waals surface area contributed by atoms with Crippen molar-refractivity contribution in [1.82, 2.24) is 15.2 Å². The van der Waals surface area contributed by atoms with Crippen molar-refractivity contribution >= 4 is 11.8 Å². The van der Waals surface area contributed by atoms with Crippen molar-refractivity contribution in [3.8, 4) is 0 Å². The smallest absolute Gasteiger partial charge is 0.407 e. The van der Waals surface area contributed by atoms with Crippen LogP contribution in [0.1, 0.15) is 18.2 Å². The normalized spacial score (nSPS) is 37.6. The van der Waals surface area contributed by atoms with Crippen LogP contribution < -0.4 is 10.6 Å². The molecule has 88 valence electrons. The third kappa shape index (κ3) is 1.06. The lowest BCUT2D eigenvalue weighted by Gasteiger charge is -2.34. The molecule has 0 aromatic carbocycles. The van der Waals surface area contributed by atoms with Gasteiger partial charge in [0.05, 0.1) is 29.5 Å². The number of amides is 1. The summed E-state index contributed by atoms with van der Waals surface area (Å²) in [5, 5.41) is 6.28. The van der Waals surface area contributed by atoms with Gasteiger partial charge in [-0.05, 0) is 12.1 Å². The van der Waals surface area contributed by atoms with Gasteiger partial charge in [0.25, 0.3) is 0 Å². The summed E-state index contributed by atoms with van der Waals surface area (Å²) in [4.78, 5) is 11.2. The summed E-state index contributed by atoms with van der Waals surface area (Å²) in [6, 6.07) is 4.65. The Hall–Kier alpha value is -1.91. The zero-order valence-corrected chi connectivity index (χ0v) is 9.22. The van der Waals surface area contributed by atoms with E-state index in [4.69, 9.17) is 4.74 Å². The lowest BCUT2D eigenvalue weighted by molar-refractivity contribution is 0.134. The highest BCUT2D eigenvalue weighted by molar-refractivity contribution is 5.71. The van der Waals surface area contributed by atoms with Crippen LogP contribution in [0.5, 0.6) is 0 Å². The molecule has 1 saturated carbocycles. The Bertz CT molecular complexity index is 522. The van der Waals surface area contributed by atoms with Crippen LogP contribution in [-0.2, 0) is 4.74 Å². The van der Waals surface area contributed by atoms with Crippen molar-refractivity contribution in [2.45, 2.75) is 30.7 Å². The second-order valence-corrected chi connectivity index (χ2v) is 4.87. The molecule has 17 heavy (non-hydrogen) atoms. The molecule has 1 aliphatic carbocycles. The molecule has 4 rings (SSSR count). The van der Waals surface area contributed by atoms with Crippen molar-refractivity contribution in [3.05, 3.63) is 30.6 Å². The first-order valence-corrected chi connectivity index (χ1v) is 5.84. The first-order chi connectivity index (χ1) is 8.24. The summed E-state index contributed by atoms with van der Waals surface area (Å²) in [6.45, 7) is 4.04. The molecule has 1 amide bonds. The summed E-state index contributed by atoms with van der Waals surface area (Å²) < 4.78 is 7.50. The molecule has 3 heterocycles. The summed E-state index contributed by atoms with van der Waals surface area (Å²) in [6.07, 6.45) is 2.60. The third-order valence-electron chi connectivity index (χ3n) is 4.01. The van der Waals surface area contributed by atoms with Gasteiger partial charge in [-0.25, -0.2) is 4.79 Å². The van der Waals surface area contributed by atoms with Gasteiger partial charge < -0.3 is 19.9 Å². The van der Waals surface area contributed by atoms with E-state index in [1.165, 1.54) is 0 Å². The minimum atomic E-state index is -0.302. The van der Waals surface area contributed by atoms with Crippen molar-refractivity contribution < 1.29 is 9.53 Å². The van der Waals surface area contributed by atoms with Gasteiger partial charge in [0.1, 0.15) is 6.10 Å². The van der Waals surface area contributed by atoms with Crippen LogP contribution in [0.4, 0.5) is 4.79 Å². The molecular formula is C12H13N3O2. The standard InChI is InChI=1S/C12H13N3O2/c1-6-7-3-2-4-15(7)8-5-9-11(10(8)13-6)14-12(16)17-9/h2-4,8-11,13H,1,5H2,(H,14,16)/t8-,9-,10-,11-/m1/s1. The number of nitrogens with one attached hydrogen (secondary N) is 2. The molecule has 2 fully saturated rings. The Morgan fingerprint density at radius 2 is 2.29 bits per heavy atom. The fourth-order valence-corrected chi connectivity index (χ4v) is 3.30. The van der Waals surface area contributed by atoms with Crippen LogP contribution >= 0.6 is 0 Å². The van der Waals surface area contributed by atoms with Gasteiger partial charge in [-0.3, -0.25) is 0 Å². The molecule has 2 N–H and O–H groups in total. The molecule has 1 aromatic rings. The highest BCUT2D eigenvalue weighted by Gasteiger charge is 2.52. The van der Waals surface area contributed by atoms with Gasteiger partial charge in [-0.15, -0.1) is 0 Å². The number of carbonyl (C=O) groups excluding carboxylic acids is 1. The van der Waals surface area contributed by atoms with Gasteiger partial charge in [0, 0.05) is 12.6 Å². The van der Waals surface area contributed by atoms with Gasteiger partial charge in [0.15, 0.2) is 0 Å². The van der Waals surface area contributed by atoms with E-state index in [-0.39, 0.29) is 24.3 Å². The largest absolute Gasteiger partial charge is 0.444 e. The second kappa shape index (κ2) is 2.85. The summed E-state index contributed by atoms with van der Waals surface area (Å²) in [7, 11) is 0. The molecule has 1 aromatic heterocycles. The molecular weight excluding hydrogens is 218 g/mol. The number of fused-ring (bicyclic) bond motifs is 5. The highest BCUT2D eigenvalue weighted by Crippen LogP contribution is 2.40. The molecule has 3 aliphatic rings. The first kappa shape index (κ1) is 9.15. The quantitative estimate of drug-likeness (QED) is 0.696. The van der Waals surface area contributed by atoms with Crippen molar-refractivity contribution in [2.24, 2.45) is 0 Å². The molecule has 5 heteroatoms. The zero-order chi connectivity index (χ0) is 11.6. The summed E-state index contributed by atoms with van der Waals surface area (Å²) in [5.41, 5.74) is 2.04. The SMILES string of the molecule is C=C1N[C@H]2[C@@H]3NC(=O)O[C@@H]3C[C@H]2n2cccc21. The second-order valence-electron chi connectivity index (χ2n) is 4.87. The minimum absolute atomic E-state index is 0.0221. The predicted molar refractivity (Wildman–Crippen MR) is 61.2 cm³/mol. The van der Waals surface area contributed by atoms with Gasteiger partial charge in [0.2, 0.25) is 0 Å². The minimum Gasteiger partial charge on any atom is -0.444 e. The molecule has 0 radical (unpaired) electrons. The Balaban J connectivity index is 1.76. The van der Waals surface area contributed by atoms with Crippen molar-refractivity contribution in [3.63, 3.8) is 0 Å². The monoisotopic (exact) mass is 231 g/mol. The van der Waals surface area contributed by atoms with E-state index in [1.807, 2.05) is 6.07 Å². The van der Waals surface area contributed by atoms with Crippen LogP contribution in [0.2, 0.25) is 0 Å². The maximum Gasteiger partial charge on any atom is 0.407 e. The van der Waals surface area contributed by atoms with Crippen molar-refractivity contribution in [1.29, 1.82) is 0 Å². The topological polar surface area (TPSA) is 55.3 Å². The summed E-state index contributed by atoms with van der Waals surface area (Å²) in [5.74, 6) is 0. The fourth-order valence-electron chi connectivity index (χ4n) is 3.30. The van der Waals surface area contributed by atoms with E-state index in [0.717, 1.165) is 17.8 Å². The Morgan fingerprint density at radius 1 is 1.41 bits per heavy atom. The molecule has 0 bridgehead atoms. The van der Waals surface area contributed by atoms with Gasteiger partial charge in [-0.1, -0.05) is 6.58 Å².